The maximum atomic E-state index is 12.3. The molecule has 0 aliphatic carbocycles. The molecule has 7 nitrogen and oxygen atoms in total. The van der Waals surface area contributed by atoms with Gasteiger partial charge in [0.15, 0.2) is 0 Å². The van der Waals surface area contributed by atoms with Crippen LogP contribution in [0.25, 0.3) is 11.0 Å². The normalized spacial score (nSPS) is 12.4. The zero-order valence-electron chi connectivity index (χ0n) is 12.1. The Balaban J connectivity index is 2.70. The number of thioether (sulfide) groups is 1. The lowest BCUT2D eigenvalue weighted by Gasteiger charge is -2.12. The molecular formula is C13H15N3O4S. The van der Waals surface area contributed by atoms with Gasteiger partial charge in [-0.15, -0.1) is 11.8 Å². The summed E-state index contributed by atoms with van der Waals surface area (Å²) < 4.78 is 7.01. The number of methoxy groups -OCH3 is 1. The molecule has 0 aliphatic rings. The number of ether oxygens (including phenoxy) is 1. The topological polar surface area (TPSA) is 83.2 Å². The van der Waals surface area contributed by atoms with Gasteiger partial charge in [-0.3, -0.25) is 18.7 Å². The molecule has 21 heavy (non-hydrogen) atoms. The first kappa shape index (κ1) is 15.3. The molecular weight excluding hydrogens is 294 g/mol. The highest BCUT2D eigenvalue weighted by Gasteiger charge is 2.19. The quantitative estimate of drug-likeness (QED) is 0.598. The fraction of sp³-hybridized carbons (Fsp3) is 0.385. The molecule has 1 atom stereocenters. The Hall–Kier alpha value is -2.09. The van der Waals surface area contributed by atoms with Crippen molar-refractivity contribution in [2.24, 2.45) is 14.1 Å². The summed E-state index contributed by atoms with van der Waals surface area (Å²) in [5, 5.41) is -0.148. The lowest BCUT2D eigenvalue weighted by atomic mass is 10.3. The van der Waals surface area contributed by atoms with Gasteiger partial charge in [0, 0.05) is 25.2 Å². The Kier molecular flexibility index (Phi) is 4.17. The molecule has 0 saturated carbocycles. The maximum absolute atomic E-state index is 12.3. The standard InChI is InChI=1S/C13H15N3O4S/c1-7(12(18)20-4)21-8-5-6-14-10-9(8)11(17)16(3)13(19)15(10)2/h5-7H,1-4H3/t7-/m0/s1. The van der Waals surface area contributed by atoms with Crippen LogP contribution in [0.1, 0.15) is 6.92 Å². The summed E-state index contributed by atoms with van der Waals surface area (Å²) in [5.74, 6) is -0.383. The molecule has 0 N–H and O–H groups in total. The van der Waals surface area contributed by atoms with Gasteiger partial charge in [-0.25, -0.2) is 9.78 Å². The van der Waals surface area contributed by atoms with Crippen LogP contribution in [-0.2, 0) is 23.6 Å². The van der Waals surface area contributed by atoms with Gasteiger partial charge in [-0.2, -0.15) is 0 Å². The summed E-state index contributed by atoms with van der Waals surface area (Å²) in [7, 11) is 4.28. The zero-order valence-corrected chi connectivity index (χ0v) is 12.9. The summed E-state index contributed by atoms with van der Waals surface area (Å²) in [6, 6.07) is 1.65. The Labute approximate surface area is 124 Å². The van der Waals surface area contributed by atoms with Crippen molar-refractivity contribution in [3.8, 4) is 0 Å². The summed E-state index contributed by atoms with van der Waals surface area (Å²) in [5.41, 5.74) is -0.575. The van der Waals surface area contributed by atoms with Crippen LogP contribution in [0.15, 0.2) is 26.7 Å². The number of hydrogen-bond donors (Lipinski definition) is 0. The van der Waals surface area contributed by atoms with Crippen LogP contribution >= 0.6 is 11.8 Å². The molecule has 0 saturated heterocycles. The maximum Gasteiger partial charge on any atom is 0.332 e. The van der Waals surface area contributed by atoms with Gasteiger partial charge in [0.2, 0.25) is 0 Å². The van der Waals surface area contributed by atoms with Crippen molar-refractivity contribution in [1.29, 1.82) is 0 Å². The molecule has 0 spiro atoms. The van der Waals surface area contributed by atoms with E-state index < -0.39 is 16.5 Å². The van der Waals surface area contributed by atoms with Crippen molar-refractivity contribution in [3.63, 3.8) is 0 Å². The highest BCUT2D eigenvalue weighted by Crippen LogP contribution is 2.27. The number of carbonyl (C=O) groups is 1. The number of pyridine rings is 1. The number of aromatic nitrogens is 3. The monoisotopic (exact) mass is 309 g/mol. The molecule has 2 heterocycles. The second kappa shape index (κ2) is 5.72. The number of aryl methyl sites for hydroxylation is 1. The second-order valence-corrected chi connectivity index (χ2v) is 5.88. The smallest absolute Gasteiger partial charge is 0.332 e. The number of rotatable bonds is 3. The molecule has 112 valence electrons. The van der Waals surface area contributed by atoms with E-state index in [1.165, 1.54) is 36.7 Å². The van der Waals surface area contributed by atoms with E-state index >= 15 is 0 Å². The lowest BCUT2D eigenvalue weighted by Crippen LogP contribution is -2.37. The van der Waals surface area contributed by atoms with Gasteiger partial charge >= 0.3 is 11.7 Å². The van der Waals surface area contributed by atoms with E-state index in [1.54, 1.807) is 20.0 Å². The van der Waals surface area contributed by atoms with Crippen LogP contribution in [0.4, 0.5) is 0 Å². The van der Waals surface area contributed by atoms with Gasteiger partial charge in [-0.05, 0) is 13.0 Å². The Bertz CT molecular complexity index is 825. The number of esters is 1. The third-order valence-corrected chi connectivity index (χ3v) is 4.28. The largest absolute Gasteiger partial charge is 0.468 e. The molecule has 0 amide bonds. The van der Waals surface area contributed by atoms with Crippen LogP contribution in [0.2, 0.25) is 0 Å². The van der Waals surface area contributed by atoms with Gasteiger partial charge in [0.05, 0.1) is 12.5 Å². The fourth-order valence-corrected chi connectivity index (χ4v) is 2.97. The van der Waals surface area contributed by atoms with E-state index in [9.17, 15) is 14.4 Å². The molecule has 0 aromatic carbocycles. The van der Waals surface area contributed by atoms with Gasteiger partial charge in [0.1, 0.15) is 10.9 Å². The molecule has 0 radical (unpaired) electrons. The zero-order chi connectivity index (χ0) is 15.7. The molecule has 0 unspecified atom stereocenters. The summed E-state index contributed by atoms with van der Waals surface area (Å²) in [6.45, 7) is 1.69. The first-order valence-corrected chi connectivity index (χ1v) is 7.05. The van der Waals surface area contributed by atoms with Crippen LogP contribution in [0.3, 0.4) is 0 Å². The SMILES string of the molecule is COC(=O)[C@H](C)Sc1ccnc2c1c(=O)n(C)c(=O)n2C. The highest BCUT2D eigenvalue weighted by molar-refractivity contribution is 8.00. The Morgan fingerprint density at radius 1 is 1.33 bits per heavy atom. The average molecular weight is 309 g/mol. The summed E-state index contributed by atoms with van der Waals surface area (Å²) >= 11 is 1.20. The predicted molar refractivity (Wildman–Crippen MR) is 79.6 cm³/mol. The minimum Gasteiger partial charge on any atom is -0.468 e. The first-order valence-electron chi connectivity index (χ1n) is 6.17. The van der Waals surface area contributed by atoms with Gasteiger partial charge in [0.25, 0.3) is 5.56 Å². The van der Waals surface area contributed by atoms with Crippen LogP contribution in [-0.4, -0.2) is 32.4 Å². The number of carbonyl (C=O) groups excluding carboxylic acids is 1. The Morgan fingerprint density at radius 2 is 2.00 bits per heavy atom. The third kappa shape index (κ3) is 2.58. The third-order valence-electron chi connectivity index (χ3n) is 3.14. The second-order valence-electron chi connectivity index (χ2n) is 4.50. The van der Waals surface area contributed by atoms with Crippen molar-refractivity contribution in [2.45, 2.75) is 17.1 Å². The minimum absolute atomic E-state index is 0.296. The van der Waals surface area contributed by atoms with Crippen molar-refractivity contribution < 1.29 is 9.53 Å². The number of hydrogen-bond acceptors (Lipinski definition) is 6. The molecule has 2 aromatic rings. The molecule has 0 bridgehead atoms. The number of fused-ring (bicyclic) bond motifs is 1. The van der Waals surface area contributed by atoms with E-state index in [4.69, 9.17) is 0 Å². The summed E-state index contributed by atoms with van der Waals surface area (Å²) in [4.78, 5) is 40.4. The Morgan fingerprint density at radius 3 is 2.62 bits per heavy atom. The van der Waals surface area contributed by atoms with E-state index in [0.29, 0.717) is 15.9 Å². The number of nitrogens with zero attached hydrogens (tertiary/aromatic N) is 3. The molecule has 0 fully saturated rings. The molecule has 2 rings (SSSR count). The van der Waals surface area contributed by atoms with Crippen LogP contribution in [0.5, 0.6) is 0 Å². The van der Waals surface area contributed by atoms with Crippen molar-refractivity contribution >= 4 is 28.8 Å². The van der Waals surface area contributed by atoms with E-state index in [0.717, 1.165) is 4.57 Å². The van der Waals surface area contributed by atoms with E-state index in [1.807, 2.05) is 0 Å². The molecule has 2 aromatic heterocycles. The van der Waals surface area contributed by atoms with Crippen LogP contribution < -0.4 is 11.2 Å². The van der Waals surface area contributed by atoms with E-state index in [-0.39, 0.29) is 5.97 Å². The van der Waals surface area contributed by atoms with Crippen molar-refractivity contribution in [1.82, 2.24) is 14.1 Å². The van der Waals surface area contributed by atoms with Gasteiger partial charge in [-0.1, -0.05) is 0 Å². The fourth-order valence-electron chi connectivity index (χ4n) is 1.96. The summed E-state index contributed by atoms with van der Waals surface area (Å²) in [6.07, 6.45) is 1.51. The molecule has 8 heteroatoms. The lowest BCUT2D eigenvalue weighted by molar-refractivity contribution is -0.139. The minimum atomic E-state index is -0.470. The van der Waals surface area contributed by atoms with Gasteiger partial charge < -0.3 is 4.74 Å². The highest BCUT2D eigenvalue weighted by atomic mass is 32.2. The van der Waals surface area contributed by atoms with E-state index in [2.05, 4.69) is 9.72 Å². The predicted octanol–water partition coefficient (Wildman–Crippen LogP) is 0.286. The first-order chi connectivity index (χ1) is 9.88. The van der Waals surface area contributed by atoms with Crippen LogP contribution in [0, 0.1) is 0 Å². The molecule has 0 aliphatic heterocycles. The average Bonchev–Trinajstić information content (AvgIpc) is 2.49. The van der Waals surface area contributed by atoms with Crippen molar-refractivity contribution in [3.05, 3.63) is 33.1 Å². The van der Waals surface area contributed by atoms with Crippen molar-refractivity contribution in [2.75, 3.05) is 7.11 Å².